The van der Waals surface area contributed by atoms with Crippen molar-refractivity contribution in [1.82, 2.24) is 19.5 Å². The number of hydrogen-bond donors (Lipinski definition) is 0. The molecule has 0 bridgehead atoms. The predicted octanol–water partition coefficient (Wildman–Crippen LogP) is 1.28. The summed E-state index contributed by atoms with van der Waals surface area (Å²) in [6.07, 6.45) is 1.94. The van der Waals surface area contributed by atoms with Crippen LogP contribution < -0.4 is 0 Å². The quantitative estimate of drug-likeness (QED) is 0.667. The molecule has 120 valence electrons. The van der Waals surface area contributed by atoms with Crippen LogP contribution in [0.4, 0.5) is 0 Å². The summed E-state index contributed by atoms with van der Waals surface area (Å²) >= 11 is 0. The summed E-state index contributed by atoms with van der Waals surface area (Å²) in [6.45, 7) is 1.36. The molecule has 0 saturated carbocycles. The Morgan fingerprint density at radius 1 is 1.00 bits per heavy atom. The number of pyridine rings is 1. The molecule has 1 fully saturated rings. The molecule has 0 spiro atoms. The van der Waals surface area contributed by atoms with Crippen LogP contribution >= 0.6 is 0 Å². The molecule has 4 heterocycles. The molecule has 5 rings (SSSR count). The van der Waals surface area contributed by atoms with Gasteiger partial charge in [-0.05, 0) is 24.3 Å². The minimum Gasteiger partial charge on any atom is -0.354 e. The van der Waals surface area contributed by atoms with Gasteiger partial charge in [0.15, 0.2) is 11.5 Å². The molecule has 3 aromatic rings. The first-order valence-electron chi connectivity index (χ1n) is 7.62. The molecule has 0 aliphatic carbocycles. The number of aromatic nitrogens is 3. The van der Waals surface area contributed by atoms with E-state index in [1.807, 2.05) is 39.8 Å². The van der Waals surface area contributed by atoms with E-state index in [0.717, 1.165) is 11.5 Å². The van der Waals surface area contributed by atoms with Crippen LogP contribution in [0.25, 0.3) is 5.65 Å². The van der Waals surface area contributed by atoms with E-state index >= 15 is 0 Å². The van der Waals surface area contributed by atoms with Gasteiger partial charge in [-0.3, -0.25) is 4.40 Å². The Hall–Kier alpha value is -2.74. The molecule has 24 heavy (non-hydrogen) atoms. The fourth-order valence-electron chi connectivity index (χ4n) is 3.27. The third-order valence-corrected chi connectivity index (χ3v) is 5.82. The van der Waals surface area contributed by atoms with Crippen molar-refractivity contribution >= 4 is 21.5 Å². The Balaban J connectivity index is 1.45. The van der Waals surface area contributed by atoms with Crippen LogP contribution in [0.5, 0.6) is 0 Å². The Bertz CT molecular complexity index is 1100. The lowest BCUT2D eigenvalue weighted by atomic mass is 9.97. The normalized spacial score (nSPS) is 19.2. The fourth-order valence-corrected chi connectivity index (χ4v) is 4.50. The molecule has 8 heteroatoms. The lowest BCUT2D eigenvalue weighted by molar-refractivity contribution is 0.244. The summed E-state index contributed by atoms with van der Waals surface area (Å²) in [5.74, 6) is 1.65. The molecule has 0 amide bonds. The van der Waals surface area contributed by atoms with Crippen LogP contribution in [0.1, 0.15) is 17.3 Å². The van der Waals surface area contributed by atoms with Gasteiger partial charge in [0.1, 0.15) is 10.7 Å². The molecule has 1 aromatic carbocycles. The highest BCUT2D eigenvalue weighted by Gasteiger charge is 2.39. The number of fused-ring (bicyclic) bond motifs is 2. The first-order valence-corrected chi connectivity index (χ1v) is 9.06. The smallest absolute Gasteiger partial charge is 0.285 e. The molecule has 0 unspecified atom stereocenters. The van der Waals surface area contributed by atoms with Gasteiger partial charge < -0.3 is 4.90 Å². The molecule has 2 aromatic heterocycles. The zero-order chi connectivity index (χ0) is 16.3. The number of nitrogens with zero attached hydrogens (tertiary/aromatic N) is 5. The van der Waals surface area contributed by atoms with Crippen LogP contribution in [0.15, 0.2) is 58.0 Å². The number of sulfonamides is 1. The van der Waals surface area contributed by atoms with Crippen LogP contribution in [-0.4, -0.2) is 46.8 Å². The number of amidine groups is 1. The van der Waals surface area contributed by atoms with Gasteiger partial charge >= 0.3 is 0 Å². The second kappa shape index (κ2) is 4.64. The largest absolute Gasteiger partial charge is 0.354 e. The highest BCUT2D eigenvalue weighted by molar-refractivity contribution is 7.90. The van der Waals surface area contributed by atoms with E-state index < -0.39 is 10.0 Å². The molecule has 0 radical (unpaired) electrons. The van der Waals surface area contributed by atoms with Gasteiger partial charge in [-0.1, -0.05) is 18.2 Å². The van der Waals surface area contributed by atoms with E-state index in [0.29, 0.717) is 24.5 Å². The second-order valence-electron chi connectivity index (χ2n) is 5.98. The van der Waals surface area contributed by atoms with Gasteiger partial charge in [-0.2, -0.15) is 8.42 Å². The minimum absolute atomic E-state index is 0.209. The van der Waals surface area contributed by atoms with Crippen molar-refractivity contribution in [3.8, 4) is 0 Å². The second-order valence-corrected chi connectivity index (χ2v) is 7.55. The highest BCUT2D eigenvalue weighted by Crippen LogP contribution is 2.33. The summed E-state index contributed by atoms with van der Waals surface area (Å²) in [5.41, 5.74) is 1.50. The zero-order valence-electron chi connectivity index (χ0n) is 12.6. The third kappa shape index (κ3) is 1.83. The van der Waals surface area contributed by atoms with Crippen LogP contribution in [0.2, 0.25) is 0 Å². The Morgan fingerprint density at radius 3 is 2.67 bits per heavy atom. The van der Waals surface area contributed by atoms with Crippen LogP contribution in [0, 0.1) is 0 Å². The van der Waals surface area contributed by atoms with Crippen molar-refractivity contribution < 1.29 is 8.42 Å². The van der Waals surface area contributed by atoms with Gasteiger partial charge in [0, 0.05) is 24.8 Å². The maximum absolute atomic E-state index is 12.2. The van der Waals surface area contributed by atoms with E-state index in [9.17, 15) is 8.42 Å². The maximum Gasteiger partial charge on any atom is 0.285 e. The summed E-state index contributed by atoms with van der Waals surface area (Å²) in [6, 6.07) is 12.7. The molecule has 1 saturated heterocycles. The maximum atomic E-state index is 12.2. The molecular weight excluding hydrogens is 326 g/mol. The van der Waals surface area contributed by atoms with E-state index in [-0.39, 0.29) is 10.8 Å². The monoisotopic (exact) mass is 339 g/mol. The van der Waals surface area contributed by atoms with Crippen molar-refractivity contribution in [2.24, 2.45) is 4.40 Å². The standard InChI is InChI=1S/C16H13N5O2S/c22-24(23)13-6-2-1-5-12(13)16(19-24)20-9-11(10-20)15-18-17-14-7-3-4-8-21(14)15/h1-8,11H,9-10H2. The summed E-state index contributed by atoms with van der Waals surface area (Å²) in [5, 5.41) is 8.45. The third-order valence-electron chi connectivity index (χ3n) is 4.50. The van der Waals surface area contributed by atoms with Crippen molar-refractivity contribution in [1.29, 1.82) is 0 Å². The van der Waals surface area contributed by atoms with E-state index in [4.69, 9.17) is 0 Å². The van der Waals surface area contributed by atoms with E-state index in [1.54, 1.807) is 18.2 Å². The average molecular weight is 339 g/mol. The average Bonchev–Trinajstić information content (AvgIpc) is 3.07. The summed E-state index contributed by atoms with van der Waals surface area (Å²) < 4.78 is 30.2. The molecule has 7 nitrogen and oxygen atoms in total. The molecule has 2 aliphatic rings. The highest BCUT2D eigenvalue weighted by atomic mass is 32.2. The summed E-state index contributed by atoms with van der Waals surface area (Å²) in [7, 11) is -3.57. The van der Waals surface area contributed by atoms with Crippen LogP contribution in [-0.2, 0) is 10.0 Å². The van der Waals surface area contributed by atoms with Crippen molar-refractivity contribution in [2.75, 3.05) is 13.1 Å². The number of rotatable bonds is 1. The lowest BCUT2D eigenvalue weighted by Gasteiger charge is -2.39. The van der Waals surface area contributed by atoms with Crippen molar-refractivity contribution in [3.63, 3.8) is 0 Å². The van der Waals surface area contributed by atoms with Gasteiger partial charge in [-0.15, -0.1) is 14.6 Å². The lowest BCUT2D eigenvalue weighted by Crippen LogP contribution is -2.49. The van der Waals surface area contributed by atoms with Crippen LogP contribution in [0.3, 0.4) is 0 Å². The zero-order valence-corrected chi connectivity index (χ0v) is 13.4. The van der Waals surface area contributed by atoms with E-state index in [2.05, 4.69) is 14.6 Å². The number of likely N-dealkylation sites (tertiary alicyclic amines) is 1. The number of hydrogen-bond acceptors (Lipinski definition) is 5. The first kappa shape index (κ1) is 13.7. The Kier molecular flexibility index (Phi) is 2.64. The molecule has 0 N–H and O–H groups in total. The van der Waals surface area contributed by atoms with Crippen molar-refractivity contribution in [2.45, 2.75) is 10.8 Å². The molecule has 0 atom stereocenters. The Morgan fingerprint density at radius 2 is 1.79 bits per heavy atom. The molecular formula is C16H13N5O2S. The minimum atomic E-state index is -3.57. The summed E-state index contributed by atoms with van der Waals surface area (Å²) in [4.78, 5) is 2.27. The van der Waals surface area contributed by atoms with E-state index in [1.165, 1.54) is 0 Å². The number of benzene rings is 1. The SMILES string of the molecule is O=S1(=O)N=C(N2CC(c3nnc4ccccn34)C2)c2ccccc21. The van der Waals surface area contributed by atoms with Gasteiger partial charge in [-0.25, -0.2) is 0 Å². The molecule has 2 aliphatic heterocycles. The first-order chi connectivity index (χ1) is 11.6. The topological polar surface area (TPSA) is 79.9 Å². The van der Waals surface area contributed by atoms with Gasteiger partial charge in [0.25, 0.3) is 10.0 Å². The Labute approximate surface area is 138 Å². The fraction of sp³-hybridized carbons (Fsp3) is 0.188. The predicted molar refractivity (Wildman–Crippen MR) is 87.5 cm³/mol. The van der Waals surface area contributed by atoms with Crippen molar-refractivity contribution in [3.05, 3.63) is 60.0 Å². The van der Waals surface area contributed by atoms with Gasteiger partial charge in [0.2, 0.25) is 0 Å². The van der Waals surface area contributed by atoms with Gasteiger partial charge in [0.05, 0.1) is 5.92 Å².